The van der Waals surface area contributed by atoms with Crippen LogP contribution in [-0.2, 0) is 23.0 Å². The van der Waals surface area contributed by atoms with Crippen LogP contribution in [0.2, 0.25) is 0 Å². The molecule has 0 spiro atoms. The van der Waals surface area contributed by atoms with Crippen molar-refractivity contribution in [1.82, 2.24) is 0 Å². The fourth-order valence-corrected chi connectivity index (χ4v) is 7.03. The molecule has 132 valence electrons. The third-order valence-electron chi connectivity index (χ3n) is 3.30. The van der Waals surface area contributed by atoms with Gasteiger partial charge in [-0.3, -0.25) is 12.2 Å². The Hall–Kier alpha value is -0.933. The van der Waals surface area contributed by atoms with Gasteiger partial charge in [0, 0.05) is 0 Å². The van der Waals surface area contributed by atoms with Gasteiger partial charge in [0.2, 0.25) is 0 Å². The first-order valence-electron chi connectivity index (χ1n) is 8.01. The summed E-state index contributed by atoms with van der Waals surface area (Å²) in [5.41, 5.74) is -0.406. The Morgan fingerprint density at radius 3 is 1.27 bits per heavy atom. The van der Waals surface area contributed by atoms with E-state index in [0.29, 0.717) is 0 Å². The van der Waals surface area contributed by atoms with Gasteiger partial charge in [0.25, 0.3) is 0 Å². The van der Waals surface area contributed by atoms with Gasteiger partial charge in [0.1, 0.15) is 0 Å². The molecule has 4 rings (SSSR count). The van der Waals surface area contributed by atoms with Crippen LogP contribution in [0.5, 0.6) is 0 Å². The number of hydrogen-bond donors (Lipinski definition) is 0. The Kier molecular flexibility index (Phi) is 15.7. The number of rotatable bonds is 2. The summed E-state index contributed by atoms with van der Waals surface area (Å²) in [6.07, 6.45) is 20.0. The van der Waals surface area contributed by atoms with Crippen LogP contribution < -0.4 is 35.2 Å². The third kappa shape index (κ3) is 10.3. The fourth-order valence-electron chi connectivity index (χ4n) is 2.06. The van der Waals surface area contributed by atoms with E-state index in [1.165, 1.54) is 33.4 Å². The van der Waals surface area contributed by atoms with E-state index in [2.05, 4.69) is 85.0 Å². The van der Waals surface area contributed by atoms with Crippen molar-refractivity contribution in [3.8, 4) is 0 Å². The van der Waals surface area contributed by atoms with Crippen LogP contribution in [0.3, 0.4) is 0 Å². The summed E-state index contributed by atoms with van der Waals surface area (Å²) < 4.78 is 0. The van der Waals surface area contributed by atoms with Crippen LogP contribution in [0, 0.1) is 12.2 Å². The van der Waals surface area contributed by atoms with Gasteiger partial charge in [0.05, 0.1) is 0 Å². The molecule has 0 saturated heterocycles. The maximum atomic E-state index is 2.99. The predicted molar refractivity (Wildman–Crippen MR) is 101 cm³/mol. The molecule has 0 fully saturated rings. The third-order valence-corrected chi connectivity index (χ3v) is 11.3. The van der Waals surface area contributed by atoms with Crippen LogP contribution in [0.4, 0.5) is 0 Å². The molecule has 0 saturated carbocycles. The molecule has 0 N–H and O–H groups in total. The van der Waals surface area contributed by atoms with Crippen molar-refractivity contribution in [1.29, 1.82) is 0 Å². The van der Waals surface area contributed by atoms with Crippen molar-refractivity contribution in [3.63, 3.8) is 0 Å². The van der Waals surface area contributed by atoms with Crippen molar-refractivity contribution >= 4 is 15.9 Å². The van der Waals surface area contributed by atoms with Crippen LogP contribution >= 0.6 is 0 Å². The standard InChI is InChI=1S/C12H10Si.2C5H5.2ClH.Hf/c1-3-7-11(8-4-1)13-12-9-5-2-6-10-12;2*1-2-4-5-3-1;;;/h1-10H;2*1-3H,4H2;2*1H;/q;2*-1;;;+2/p-2. The number of allylic oxidation sites excluding steroid dienone is 8. The molecule has 0 unspecified atom stereocenters. The van der Waals surface area contributed by atoms with Gasteiger partial charge in [-0.2, -0.15) is 12.2 Å². The molecule has 0 bridgehead atoms. The first kappa shape index (κ1) is 25.1. The predicted octanol–water partition coefficient (Wildman–Crippen LogP) is -2.04. The molecule has 2 aromatic rings. The summed E-state index contributed by atoms with van der Waals surface area (Å²) in [4.78, 5) is 0. The van der Waals surface area contributed by atoms with E-state index in [1.807, 2.05) is 24.3 Å². The molecular formula is C22H20Cl2HfSi-2. The van der Waals surface area contributed by atoms with Crippen LogP contribution in [0.25, 0.3) is 0 Å². The fraction of sp³-hybridized carbons (Fsp3) is 0.0909. The van der Waals surface area contributed by atoms with Gasteiger partial charge in [-0.05, 0) is 0 Å². The van der Waals surface area contributed by atoms with Crippen molar-refractivity contribution < 1.29 is 47.8 Å². The second-order valence-corrected chi connectivity index (χ2v) is 12.4. The molecule has 26 heavy (non-hydrogen) atoms. The number of halogens is 2. The summed E-state index contributed by atoms with van der Waals surface area (Å²) in [7, 11) is 0. The second-order valence-electron chi connectivity index (χ2n) is 5.11. The minimum atomic E-state index is -0.406. The second kappa shape index (κ2) is 16.3. The summed E-state index contributed by atoms with van der Waals surface area (Å²) >= 11 is 1.27. The van der Waals surface area contributed by atoms with Gasteiger partial charge >= 0.3 is 99.5 Å². The van der Waals surface area contributed by atoms with E-state index in [4.69, 9.17) is 0 Å². The Morgan fingerprint density at radius 1 is 0.654 bits per heavy atom. The van der Waals surface area contributed by atoms with Crippen LogP contribution in [0.15, 0.2) is 97.1 Å². The van der Waals surface area contributed by atoms with Crippen LogP contribution in [-0.4, -0.2) is 5.49 Å². The van der Waals surface area contributed by atoms with Crippen molar-refractivity contribution in [2.75, 3.05) is 0 Å². The zero-order valence-corrected chi connectivity index (χ0v) is 20.5. The average Bonchev–Trinajstić information content (AvgIpc) is 3.41. The number of hydrogen-bond acceptors (Lipinski definition) is 0. The summed E-state index contributed by atoms with van der Waals surface area (Å²) in [6, 6.07) is 21.8. The van der Waals surface area contributed by atoms with E-state index in [0.717, 1.165) is 12.8 Å². The molecule has 0 aromatic heterocycles. The van der Waals surface area contributed by atoms with Crippen molar-refractivity contribution in [2.45, 2.75) is 12.8 Å². The first-order chi connectivity index (χ1) is 11.9. The van der Waals surface area contributed by atoms with E-state index < -0.39 is 5.49 Å². The van der Waals surface area contributed by atoms with Gasteiger partial charge in [0.15, 0.2) is 0 Å². The summed E-state index contributed by atoms with van der Waals surface area (Å²) in [6.45, 7) is 0. The van der Waals surface area contributed by atoms with Gasteiger partial charge in [-0.1, -0.05) is 0 Å². The Labute approximate surface area is 184 Å². The topological polar surface area (TPSA) is 0 Å². The molecular weight excluding hydrogens is 542 g/mol. The average molecular weight is 562 g/mol. The normalized spacial score (nSPS) is 12.1. The van der Waals surface area contributed by atoms with Gasteiger partial charge in [-0.15, -0.1) is 12.8 Å². The monoisotopic (exact) mass is 562 g/mol. The summed E-state index contributed by atoms with van der Waals surface area (Å²) in [5, 5.41) is 3.07. The molecule has 0 amide bonds. The molecule has 0 aliphatic heterocycles. The molecule has 2 aliphatic carbocycles. The molecule has 2 aromatic carbocycles. The van der Waals surface area contributed by atoms with E-state index in [9.17, 15) is 0 Å². The minimum absolute atomic E-state index is 0. The molecule has 0 heterocycles. The molecule has 0 radical (unpaired) electrons. The molecule has 4 heteroatoms. The van der Waals surface area contributed by atoms with Crippen molar-refractivity contribution in [2.24, 2.45) is 0 Å². The van der Waals surface area contributed by atoms with E-state index in [-0.39, 0.29) is 24.8 Å². The van der Waals surface area contributed by atoms with Crippen LogP contribution in [0.1, 0.15) is 12.8 Å². The molecule has 0 atom stereocenters. The zero-order chi connectivity index (χ0) is 16.9. The molecule has 0 nitrogen and oxygen atoms in total. The van der Waals surface area contributed by atoms with Gasteiger partial charge < -0.3 is 24.8 Å². The Bertz CT molecular complexity index is 652. The SMILES string of the molecule is [C-]1=CC=CC1.[C-]1=CC=CC1.[Cl-].[Cl-].[Hf+2]=[Si](c1ccccc1)c1ccccc1. The number of benzene rings is 2. The quantitative estimate of drug-likeness (QED) is 0.293. The Balaban J connectivity index is 0.000000432. The van der Waals surface area contributed by atoms with Gasteiger partial charge in [-0.25, -0.2) is 24.3 Å². The van der Waals surface area contributed by atoms with Crippen molar-refractivity contribution in [3.05, 3.63) is 109 Å². The Morgan fingerprint density at radius 2 is 1.04 bits per heavy atom. The van der Waals surface area contributed by atoms with E-state index in [1.54, 1.807) is 0 Å². The summed E-state index contributed by atoms with van der Waals surface area (Å²) in [5.74, 6) is 0. The molecule has 2 aliphatic rings. The maximum absolute atomic E-state index is 2.99. The first-order valence-corrected chi connectivity index (χ1v) is 14.9. The van der Waals surface area contributed by atoms with E-state index >= 15 is 0 Å². The zero-order valence-electron chi connectivity index (χ0n) is 14.4.